The normalized spacial score (nSPS) is 11.4. The molecule has 0 bridgehead atoms. The molecule has 0 N–H and O–H groups in total. The predicted molar refractivity (Wildman–Crippen MR) is 44.3 cm³/mol. The Morgan fingerprint density at radius 3 is 2.43 bits per heavy atom. The number of hydrogen-bond acceptors (Lipinski definition) is 2. The monoisotopic (exact) mass is 223 g/mol. The molecule has 1 heterocycles. The standard InChI is InChI=1S/C8H5ClF3NO/c9-3-6(14)5-1-2-7(13-4-5)8(10,11)12/h1-2,4H,3H2. The number of carbonyl (C=O) groups is 1. The molecule has 0 radical (unpaired) electrons. The van der Waals surface area contributed by atoms with Gasteiger partial charge in [-0.3, -0.25) is 9.78 Å². The first-order valence-electron chi connectivity index (χ1n) is 3.57. The Morgan fingerprint density at radius 1 is 1.43 bits per heavy atom. The number of hydrogen-bond donors (Lipinski definition) is 0. The van der Waals surface area contributed by atoms with Gasteiger partial charge in [0, 0.05) is 11.8 Å². The zero-order valence-corrected chi connectivity index (χ0v) is 7.56. The molecule has 6 heteroatoms. The van der Waals surface area contributed by atoms with Gasteiger partial charge in [-0.2, -0.15) is 13.2 Å². The molecular formula is C8H5ClF3NO. The Labute approximate surface area is 82.7 Å². The van der Waals surface area contributed by atoms with Crippen molar-refractivity contribution >= 4 is 17.4 Å². The third-order valence-corrected chi connectivity index (χ3v) is 1.74. The SMILES string of the molecule is O=C(CCl)c1ccc(C(F)(F)F)nc1. The van der Waals surface area contributed by atoms with Crippen molar-refractivity contribution in [2.24, 2.45) is 0 Å². The molecule has 0 aliphatic carbocycles. The molecular weight excluding hydrogens is 219 g/mol. The lowest BCUT2D eigenvalue weighted by molar-refractivity contribution is -0.141. The average Bonchev–Trinajstić information content (AvgIpc) is 2.15. The van der Waals surface area contributed by atoms with Gasteiger partial charge in [0.15, 0.2) is 5.78 Å². The lowest BCUT2D eigenvalue weighted by atomic mass is 10.2. The maximum absolute atomic E-state index is 12.0. The first-order valence-corrected chi connectivity index (χ1v) is 4.11. The molecule has 0 atom stereocenters. The van der Waals surface area contributed by atoms with Crippen molar-refractivity contribution in [2.45, 2.75) is 6.18 Å². The van der Waals surface area contributed by atoms with Crippen LogP contribution in [0, 0.1) is 0 Å². The summed E-state index contributed by atoms with van der Waals surface area (Å²) in [5.41, 5.74) is -0.948. The van der Waals surface area contributed by atoms with E-state index in [1.54, 1.807) is 0 Å². The number of halogens is 4. The summed E-state index contributed by atoms with van der Waals surface area (Å²) in [6, 6.07) is 1.81. The van der Waals surface area contributed by atoms with E-state index in [1.807, 2.05) is 0 Å². The highest BCUT2D eigenvalue weighted by Gasteiger charge is 2.32. The minimum absolute atomic E-state index is 0.0769. The zero-order valence-electron chi connectivity index (χ0n) is 6.81. The van der Waals surface area contributed by atoms with Crippen molar-refractivity contribution in [2.75, 3.05) is 5.88 Å². The van der Waals surface area contributed by atoms with Crippen LogP contribution in [0.5, 0.6) is 0 Å². The molecule has 1 aromatic rings. The number of rotatable bonds is 2. The predicted octanol–water partition coefficient (Wildman–Crippen LogP) is 2.52. The van der Waals surface area contributed by atoms with E-state index in [0.29, 0.717) is 0 Å². The van der Waals surface area contributed by atoms with Gasteiger partial charge in [-0.1, -0.05) is 0 Å². The fourth-order valence-corrected chi connectivity index (χ4v) is 0.958. The van der Waals surface area contributed by atoms with Gasteiger partial charge in [0.2, 0.25) is 0 Å². The van der Waals surface area contributed by atoms with E-state index < -0.39 is 17.7 Å². The fourth-order valence-electron chi connectivity index (χ4n) is 0.804. The fraction of sp³-hybridized carbons (Fsp3) is 0.250. The Hall–Kier alpha value is -1.10. The summed E-state index contributed by atoms with van der Waals surface area (Å²) in [7, 11) is 0. The lowest BCUT2D eigenvalue weighted by Crippen LogP contribution is -2.09. The molecule has 0 fully saturated rings. The van der Waals surface area contributed by atoms with Gasteiger partial charge in [-0.05, 0) is 12.1 Å². The molecule has 0 saturated carbocycles. The quantitative estimate of drug-likeness (QED) is 0.570. The zero-order chi connectivity index (χ0) is 10.8. The van der Waals surface area contributed by atoms with Crippen LogP contribution in [0.1, 0.15) is 16.1 Å². The number of carbonyl (C=O) groups excluding carboxylic acids is 1. The highest BCUT2D eigenvalue weighted by molar-refractivity contribution is 6.30. The molecule has 0 unspecified atom stereocenters. The third-order valence-electron chi connectivity index (χ3n) is 1.50. The van der Waals surface area contributed by atoms with Crippen molar-refractivity contribution in [3.05, 3.63) is 29.6 Å². The number of alkyl halides is 4. The van der Waals surface area contributed by atoms with Crippen LogP contribution in [-0.2, 0) is 6.18 Å². The molecule has 0 aliphatic rings. The molecule has 0 aromatic carbocycles. The van der Waals surface area contributed by atoms with Gasteiger partial charge < -0.3 is 0 Å². The van der Waals surface area contributed by atoms with Crippen LogP contribution in [0.3, 0.4) is 0 Å². The van der Waals surface area contributed by atoms with Crippen LogP contribution < -0.4 is 0 Å². The van der Waals surface area contributed by atoms with Crippen LogP contribution in [0.2, 0.25) is 0 Å². The highest BCUT2D eigenvalue weighted by Crippen LogP contribution is 2.27. The van der Waals surface area contributed by atoms with Crippen molar-refractivity contribution < 1.29 is 18.0 Å². The average molecular weight is 224 g/mol. The van der Waals surface area contributed by atoms with Crippen LogP contribution in [0.4, 0.5) is 13.2 Å². The number of nitrogens with zero attached hydrogens (tertiary/aromatic N) is 1. The van der Waals surface area contributed by atoms with Gasteiger partial charge >= 0.3 is 6.18 Å². The maximum Gasteiger partial charge on any atom is 0.433 e. The van der Waals surface area contributed by atoms with Crippen molar-refractivity contribution in [3.63, 3.8) is 0 Å². The number of Topliss-reactive ketones (excluding diaryl/α,β-unsaturated/α-hetero) is 1. The van der Waals surface area contributed by atoms with Crippen LogP contribution >= 0.6 is 11.6 Å². The summed E-state index contributed by atoms with van der Waals surface area (Å²) in [6.45, 7) is 0. The lowest BCUT2D eigenvalue weighted by Gasteiger charge is -2.05. The van der Waals surface area contributed by atoms with Gasteiger partial charge in [-0.25, -0.2) is 0 Å². The van der Waals surface area contributed by atoms with E-state index in [1.165, 1.54) is 0 Å². The summed E-state index contributed by atoms with van der Waals surface area (Å²) in [4.78, 5) is 14.0. The summed E-state index contributed by atoms with van der Waals surface area (Å²) in [5, 5.41) is 0. The smallest absolute Gasteiger partial charge is 0.293 e. The van der Waals surface area contributed by atoms with Crippen molar-refractivity contribution in [3.8, 4) is 0 Å². The number of ketones is 1. The topological polar surface area (TPSA) is 30.0 Å². The van der Waals surface area contributed by atoms with Crippen molar-refractivity contribution in [1.29, 1.82) is 0 Å². The molecule has 0 spiro atoms. The molecule has 2 nitrogen and oxygen atoms in total. The van der Waals surface area contributed by atoms with Gasteiger partial charge in [-0.15, -0.1) is 11.6 Å². The van der Waals surface area contributed by atoms with Crippen LogP contribution in [-0.4, -0.2) is 16.6 Å². The van der Waals surface area contributed by atoms with E-state index in [9.17, 15) is 18.0 Å². The first-order chi connectivity index (χ1) is 6.45. The van der Waals surface area contributed by atoms with Gasteiger partial charge in [0.25, 0.3) is 0 Å². The Balaban J connectivity index is 2.95. The van der Waals surface area contributed by atoms with E-state index in [-0.39, 0.29) is 11.4 Å². The molecule has 0 amide bonds. The third kappa shape index (κ3) is 2.45. The minimum atomic E-state index is -4.48. The molecule has 76 valence electrons. The van der Waals surface area contributed by atoms with E-state index in [0.717, 1.165) is 18.3 Å². The summed E-state index contributed by atoms with van der Waals surface area (Å²) in [6.07, 6.45) is -3.62. The Bertz CT molecular complexity index is 333. The summed E-state index contributed by atoms with van der Waals surface area (Å²) < 4.78 is 36.1. The van der Waals surface area contributed by atoms with Crippen LogP contribution in [0.25, 0.3) is 0 Å². The number of aromatic nitrogens is 1. The number of pyridine rings is 1. The van der Waals surface area contributed by atoms with Crippen molar-refractivity contribution in [1.82, 2.24) is 4.98 Å². The second-order valence-electron chi connectivity index (χ2n) is 2.49. The Morgan fingerprint density at radius 2 is 2.07 bits per heavy atom. The molecule has 14 heavy (non-hydrogen) atoms. The van der Waals surface area contributed by atoms with Gasteiger partial charge in [0.05, 0.1) is 5.88 Å². The maximum atomic E-state index is 12.0. The summed E-state index contributed by atoms with van der Waals surface area (Å²) >= 11 is 5.22. The molecule has 1 rings (SSSR count). The second kappa shape index (κ2) is 3.96. The first kappa shape index (κ1) is 11.0. The second-order valence-corrected chi connectivity index (χ2v) is 2.75. The van der Waals surface area contributed by atoms with Crippen LogP contribution in [0.15, 0.2) is 18.3 Å². The largest absolute Gasteiger partial charge is 0.433 e. The Kier molecular flexibility index (Phi) is 3.10. The van der Waals surface area contributed by atoms with Gasteiger partial charge in [0.1, 0.15) is 5.69 Å². The summed E-state index contributed by atoms with van der Waals surface area (Å²) in [5.74, 6) is -0.722. The van der Waals surface area contributed by atoms with E-state index in [2.05, 4.69) is 4.98 Å². The minimum Gasteiger partial charge on any atom is -0.293 e. The van der Waals surface area contributed by atoms with E-state index >= 15 is 0 Å². The molecule has 0 saturated heterocycles. The molecule has 1 aromatic heterocycles. The highest BCUT2D eigenvalue weighted by atomic mass is 35.5. The van der Waals surface area contributed by atoms with E-state index in [4.69, 9.17) is 11.6 Å². The molecule has 0 aliphatic heterocycles.